The molecule has 6 nitrogen and oxygen atoms in total. The first-order valence-corrected chi connectivity index (χ1v) is 13.4. The highest BCUT2D eigenvalue weighted by molar-refractivity contribution is 6.36. The second kappa shape index (κ2) is 11.6. The molecule has 1 saturated carbocycles. The third-order valence-electron chi connectivity index (χ3n) is 7.56. The molecular weight excluding hydrogens is 492 g/mol. The summed E-state index contributed by atoms with van der Waals surface area (Å²) in [5.41, 5.74) is 2.30. The van der Waals surface area contributed by atoms with Crippen LogP contribution in [-0.4, -0.2) is 37.4 Å². The topological polar surface area (TPSA) is 71.1 Å². The molecule has 5 atom stereocenters. The Morgan fingerprint density at radius 3 is 2.14 bits per heavy atom. The highest BCUT2D eigenvalue weighted by atomic mass is 35.5. The van der Waals surface area contributed by atoms with E-state index < -0.39 is 24.1 Å². The maximum absolute atomic E-state index is 11.8. The van der Waals surface area contributed by atoms with Gasteiger partial charge in [0.1, 0.15) is 36.9 Å². The zero-order valence-electron chi connectivity index (χ0n) is 21.8. The van der Waals surface area contributed by atoms with E-state index in [9.17, 15) is 9.59 Å². The van der Waals surface area contributed by atoms with E-state index in [0.29, 0.717) is 35.6 Å². The van der Waals surface area contributed by atoms with Crippen LogP contribution >= 0.6 is 11.6 Å². The van der Waals surface area contributed by atoms with Gasteiger partial charge in [0.2, 0.25) is 0 Å². The van der Waals surface area contributed by atoms with Crippen LogP contribution in [0.5, 0.6) is 11.5 Å². The molecule has 0 heterocycles. The highest BCUT2D eigenvalue weighted by Crippen LogP contribution is 2.63. The summed E-state index contributed by atoms with van der Waals surface area (Å²) >= 11 is 6.79. The van der Waals surface area contributed by atoms with Crippen molar-refractivity contribution in [3.05, 3.63) is 59.7 Å². The van der Waals surface area contributed by atoms with E-state index in [4.69, 9.17) is 30.5 Å². The quantitative estimate of drug-likeness (QED) is 0.222. The number of rotatable bonds is 12. The van der Waals surface area contributed by atoms with Gasteiger partial charge in [-0.2, -0.15) is 0 Å². The molecule has 2 aromatic rings. The zero-order chi connectivity index (χ0) is 26.7. The van der Waals surface area contributed by atoms with Gasteiger partial charge in [0.25, 0.3) is 0 Å². The molecule has 37 heavy (non-hydrogen) atoms. The number of fused-ring (bicyclic) bond motifs is 6. The third kappa shape index (κ3) is 5.35. The standard InChI is InChI=1S/C30H35ClO6/c1-6-19(36-24(32)8-3)15-34-29-21-11-10-12-23(31)27(21)30(35-16-20(7-2)37-25(33)9-4)26-18-13-17(5)22(14-18)28(26)29/h8-12,17-20,22H,3-4,6-7,13-16H2,1-2,5H3. The van der Waals surface area contributed by atoms with Gasteiger partial charge < -0.3 is 18.9 Å². The predicted molar refractivity (Wildman–Crippen MR) is 145 cm³/mol. The summed E-state index contributed by atoms with van der Waals surface area (Å²) in [5, 5.41) is 2.22. The van der Waals surface area contributed by atoms with Gasteiger partial charge in [-0.15, -0.1) is 0 Å². The average molecular weight is 527 g/mol. The number of benzene rings is 2. The molecule has 0 saturated heterocycles. The second-order valence-corrected chi connectivity index (χ2v) is 10.3. The van der Waals surface area contributed by atoms with Gasteiger partial charge in [-0.25, -0.2) is 9.59 Å². The molecule has 0 aromatic heterocycles. The lowest BCUT2D eigenvalue weighted by molar-refractivity contribution is -0.145. The van der Waals surface area contributed by atoms with E-state index in [1.54, 1.807) is 0 Å². The van der Waals surface area contributed by atoms with Crippen molar-refractivity contribution in [1.29, 1.82) is 0 Å². The molecule has 198 valence electrons. The van der Waals surface area contributed by atoms with E-state index in [0.717, 1.165) is 58.4 Å². The predicted octanol–water partition coefficient (Wildman–Crippen LogP) is 6.88. The van der Waals surface area contributed by atoms with Gasteiger partial charge >= 0.3 is 11.9 Å². The first-order chi connectivity index (χ1) is 17.8. The summed E-state index contributed by atoms with van der Waals surface area (Å²) in [5.74, 6) is 1.80. The number of carbonyl (C=O) groups excluding carboxylic acids is 2. The van der Waals surface area contributed by atoms with Crippen LogP contribution in [0.1, 0.15) is 69.4 Å². The van der Waals surface area contributed by atoms with Crippen LogP contribution < -0.4 is 9.47 Å². The van der Waals surface area contributed by atoms with E-state index in [-0.39, 0.29) is 13.2 Å². The molecule has 2 bridgehead atoms. The van der Waals surface area contributed by atoms with Crippen molar-refractivity contribution < 1.29 is 28.5 Å². The zero-order valence-corrected chi connectivity index (χ0v) is 22.5. The first-order valence-electron chi connectivity index (χ1n) is 13.0. The maximum Gasteiger partial charge on any atom is 0.330 e. The van der Waals surface area contributed by atoms with Gasteiger partial charge in [0.05, 0.1) is 5.02 Å². The Labute approximate surface area is 223 Å². The lowest BCUT2D eigenvalue weighted by Gasteiger charge is -2.29. The minimum Gasteiger partial charge on any atom is -0.489 e. The van der Waals surface area contributed by atoms with Crippen molar-refractivity contribution in [2.24, 2.45) is 5.92 Å². The van der Waals surface area contributed by atoms with E-state index in [2.05, 4.69) is 20.1 Å². The Morgan fingerprint density at radius 2 is 1.57 bits per heavy atom. The molecule has 2 aliphatic carbocycles. The molecule has 1 fully saturated rings. The monoisotopic (exact) mass is 526 g/mol. The number of esters is 2. The molecule has 0 aliphatic heterocycles. The largest absolute Gasteiger partial charge is 0.489 e. The third-order valence-corrected chi connectivity index (χ3v) is 7.88. The lowest BCUT2D eigenvalue weighted by atomic mass is 9.82. The first kappa shape index (κ1) is 27.1. The highest BCUT2D eigenvalue weighted by Gasteiger charge is 2.47. The van der Waals surface area contributed by atoms with Crippen molar-refractivity contribution in [3.63, 3.8) is 0 Å². The fourth-order valence-electron chi connectivity index (χ4n) is 5.68. The molecule has 0 radical (unpaired) electrons. The van der Waals surface area contributed by atoms with Crippen molar-refractivity contribution in [3.8, 4) is 11.5 Å². The van der Waals surface area contributed by atoms with Crippen molar-refractivity contribution >= 4 is 34.3 Å². The summed E-state index contributed by atoms with van der Waals surface area (Å²) in [6.45, 7) is 13.6. The van der Waals surface area contributed by atoms with Gasteiger partial charge in [-0.1, -0.05) is 57.7 Å². The Hall–Kier alpha value is -2.99. The van der Waals surface area contributed by atoms with Gasteiger partial charge in [-0.3, -0.25) is 0 Å². The summed E-state index contributed by atoms with van der Waals surface area (Å²) < 4.78 is 23.9. The van der Waals surface area contributed by atoms with Gasteiger partial charge in [-0.05, 0) is 49.5 Å². The van der Waals surface area contributed by atoms with Crippen LogP contribution in [0.4, 0.5) is 0 Å². The van der Waals surface area contributed by atoms with Gasteiger partial charge in [0.15, 0.2) is 0 Å². The second-order valence-electron chi connectivity index (χ2n) is 9.86. The smallest absolute Gasteiger partial charge is 0.330 e. The van der Waals surface area contributed by atoms with Crippen LogP contribution in [0.2, 0.25) is 5.02 Å². The Morgan fingerprint density at radius 1 is 0.973 bits per heavy atom. The molecule has 7 heteroatoms. The van der Waals surface area contributed by atoms with Crippen LogP contribution in [0, 0.1) is 5.92 Å². The van der Waals surface area contributed by atoms with Crippen molar-refractivity contribution in [2.75, 3.05) is 13.2 Å². The molecule has 2 aliphatic rings. The maximum atomic E-state index is 11.8. The lowest BCUT2D eigenvalue weighted by Crippen LogP contribution is -2.25. The van der Waals surface area contributed by atoms with E-state index >= 15 is 0 Å². The molecule has 4 rings (SSSR count). The molecular formula is C30H35ClO6. The summed E-state index contributed by atoms with van der Waals surface area (Å²) in [6, 6.07) is 5.74. The van der Waals surface area contributed by atoms with E-state index in [1.807, 2.05) is 32.0 Å². The van der Waals surface area contributed by atoms with Crippen LogP contribution in [0.3, 0.4) is 0 Å². The molecule has 0 spiro atoms. The molecule has 0 N–H and O–H groups in total. The number of hydrogen-bond acceptors (Lipinski definition) is 6. The molecule has 2 aromatic carbocycles. The number of hydrogen-bond donors (Lipinski definition) is 0. The fraction of sp³-hybridized carbons (Fsp3) is 0.467. The van der Waals surface area contributed by atoms with E-state index in [1.165, 1.54) is 0 Å². The Kier molecular flexibility index (Phi) is 8.48. The minimum atomic E-state index is -0.470. The van der Waals surface area contributed by atoms with Crippen LogP contribution in [-0.2, 0) is 19.1 Å². The number of carbonyl (C=O) groups is 2. The SMILES string of the molecule is C=CC(=O)OC(CC)COc1c2c(c(OCC(CC)OC(=O)C=C)c3c(Cl)cccc13)C1CC(C)C2C1. The van der Waals surface area contributed by atoms with Crippen molar-refractivity contribution in [1.82, 2.24) is 0 Å². The fourth-order valence-corrected chi connectivity index (χ4v) is 5.94. The van der Waals surface area contributed by atoms with Gasteiger partial charge in [0, 0.05) is 34.1 Å². The molecule has 5 unspecified atom stereocenters. The number of ether oxygens (including phenoxy) is 4. The minimum absolute atomic E-state index is 0.214. The average Bonchev–Trinajstić information content (AvgIpc) is 3.46. The summed E-state index contributed by atoms with van der Waals surface area (Å²) in [4.78, 5) is 23.6. The van der Waals surface area contributed by atoms with Crippen molar-refractivity contribution in [2.45, 2.75) is 70.5 Å². The van der Waals surface area contributed by atoms with Crippen LogP contribution in [0.25, 0.3) is 10.8 Å². The van der Waals surface area contributed by atoms with Crippen LogP contribution in [0.15, 0.2) is 43.5 Å². The Balaban J connectivity index is 1.77. The molecule has 0 amide bonds. The normalized spacial score (nSPS) is 21.1. The number of halogens is 1. The Bertz CT molecular complexity index is 1200. The summed E-state index contributed by atoms with van der Waals surface area (Å²) in [7, 11) is 0. The summed E-state index contributed by atoms with van der Waals surface area (Å²) in [6.07, 6.45) is 4.85.